The first kappa shape index (κ1) is 12.6. The van der Waals surface area contributed by atoms with Gasteiger partial charge in [-0.1, -0.05) is 22.0 Å². The Hall–Kier alpha value is -0.880. The van der Waals surface area contributed by atoms with E-state index >= 15 is 0 Å². The van der Waals surface area contributed by atoms with Crippen LogP contribution in [0.5, 0.6) is 0 Å². The maximum atomic E-state index is 12.2. The van der Waals surface area contributed by atoms with Crippen LogP contribution in [0.2, 0.25) is 0 Å². The van der Waals surface area contributed by atoms with E-state index in [1.807, 2.05) is 0 Å². The van der Waals surface area contributed by atoms with Crippen LogP contribution in [0.3, 0.4) is 0 Å². The van der Waals surface area contributed by atoms with Gasteiger partial charge in [-0.2, -0.15) is 0 Å². The molecule has 0 spiro atoms. The zero-order valence-electron chi connectivity index (χ0n) is 9.14. The van der Waals surface area contributed by atoms with Gasteiger partial charge in [-0.15, -0.1) is 0 Å². The van der Waals surface area contributed by atoms with Crippen LogP contribution in [0.1, 0.15) is 12.0 Å². The molecule has 0 radical (unpaired) electrons. The first-order chi connectivity index (χ1) is 7.96. The van der Waals surface area contributed by atoms with E-state index in [2.05, 4.69) is 20.7 Å². The predicted molar refractivity (Wildman–Crippen MR) is 65.5 cm³/mol. The molecule has 2 rings (SSSR count). The molecule has 1 aliphatic rings. The number of hydrogen-bond donors (Lipinski definition) is 0. The van der Waals surface area contributed by atoms with Gasteiger partial charge in [0, 0.05) is 4.47 Å². The van der Waals surface area contributed by atoms with Crippen molar-refractivity contribution in [3.8, 4) is 0 Å². The smallest absolute Gasteiger partial charge is 0.324 e. The molecule has 0 aromatic heterocycles. The normalized spacial score (nSPS) is 21.6. The molecular formula is C11H11BrO4S. The maximum absolute atomic E-state index is 12.2. The highest BCUT2D eigenvalue weighted by molar-refractivity contribution is 9.10. The fourth-order valence-corrected chi connectivity index (χ4v) is 4.39. The summed E-state index contributed by atoms with van der Waals surface area (Å²) in [7, 11) is -2.42. The summed E-state index contributed by atoms with van der Waals surface area (Å²) in [6.07, 6.45) is 0.852. The van der Waals surface area contributed by atoms with Gasteiger partial charge in [0.15, 0.2) is 15.1 Å². The van der Waals surface area contributed by atoms with Gasteiger partial charge in [-0.25, -0.2) is 8.42 Å². The second-order valence-electron chi connectivity index (χ2n) is 3.85. The average Bonchev–Trinajstić information content (AvgIpc) is 2.29. The lowest BCUT2D eigenvalue weighted by Gasteiger charge is -2.23. The van der Waals surface area contributed by atoms with Crippen molar-refractivity contribution in [1.82, 2.24) is 0 Å². The van der Waals surface area contributed by atoms with Crippen LogP contribution in [0.15, 0.2) is 27.6 Å². The van der Waals surface area contributed by atoms with Gasteiger partial charge in [0.25, 0.3) is 0 Å². The molecule has 0 saturated carbocycles. The van der Waals surface area contributed by atoms with E-state index in [1.165, 1.54) is 7.11 Å². The number of hydrogen-bond acceptors (Lipinski definition) is 4. The molecule has 17 heavy (non-hydrogen) atoms. The second kappa shape index (κ2) is 4.42. The Morgan fingerprint density at radius 1 is 1.47 bits per heavy atom. The maximum Gasteiger partial charge on any atom is 0.324 e. The van der Waals surface area contributed by atoms with E-state index in [9.17, 15) is 13.2 Å². The van der Waals surface area contributed by atoms with Crippen LogP contribution in [0, 0.1) is 0 Å². The van der Waals surface area contributed by atoms with Gasteiger partial charge in [0.05, 0.1) is 12.0 Å². The second-order valence-corrected chi connectivity index (χ2v) is 6.86. The molecule has 0 bridgehead atoms. The largest absolute Gasteiger partial charge is 0.468 e. The van der Waals surface area contributed by atoms with Crippen molar-refractivity contribution in [2.45, 2.75) is 23.0 Å². The van der Waals surface area contributed by atoms with Crippen LogP contribution in [-0.2, 0) is 25.8 Å². The third-order valence-electron chi connectivity index (χ3n) is 2.85. The lowest BCUT2D eigenvalue weighted by molar-refractivity contribution is -0.140. The van der Waals surface area contributed by atoms with E-state index < -0.39 is 21.1 Å². The average molecular weight is 319 g/mol. The number of rotatable bonds is 1. The van der Waals surface area contributed by atoms with Gasteiger partial charge in [-0.3, -0.25) is 4.79 Å². The standard InChI is InChI=1S/C11H11BrO4S/c1-16-11(13)9-5-3-7-2-4-8(12)6-10(7)17(9,14)15/h2,4,6,9H,3,5H2,1H3. The van der Waals surface area contributed by atoms with Gasteiger partial charge < -0.3 is 4.74 Å². The summed E-state index contributed by atoms with van der Waals surface area (Å²) >= 11 is 3.24. The molecule has 1 aromatic carbocycles. The Kier molecular flexibility index (Phi) is 3.27. The van der Waals surface area contributed by atoms with Crippen molar-refractivity contribution in [3.05, 3.63) is 28.2 Å². The third-order valence-corrected chi connectivity index (χ3v) is 5.51. The zero-order valence-corrected chi connectivity index (χ0v) is 11.5. The molecule has 0 saturated heterocycles. The Morgan fingerprint density at radius 3 is 2.82 bits per heavy atom. The summed E-state index contributed by atoms with van der Waals surface area (Å²) in [5, 5.41) is -1.07. The Morgan fingerprint density at radius 2 is 2.18 bits per heavy atom. The number of sulfone groups is 1. The summed E-state index contributed by atoms with van der Waals surface area (Å²) in [5.74, 6) is -0.685. The molecule has 1 atom stereocenters. The van der Waals surface area contributed by atoms with Crippen LogP contribution in [0.4, 0.5) is 0 Å². The summed E-state index contributed by atoms with van der Waals surface area (Å²) in [5.41, 5.74) is 0.758. The predicted octanol–water partition coefficient (Wildman–Crippen LogP) is 1.71. The number of halogens is 1. The number of esters is 1. The molecule has 92 valence electrons. The van der Waals surface area contributed by atoms with E-state index in [-0.39, 0.29) is 11.3 Å². The van der Waals surface area contributed by atoms with Gasteiger partial charge in [0.2, 0.25) is 0 Å². The number of fused-ring (bicyclic) bond motifs is 1. The minimum absolute atomic E-state index is 0.230. The van der Waals surface area contributed by atoms with E-state index in [0.717, 1.165) is 5.56 Å². The van der Waals surface area contributed by atoms with Crippen LogP contribution >= 0.6 is 15.9 Å². The molecule has 0 aliphatic carbocycles. The number of aryl methyl sites for hydroxylation is 1. The molecule has 0 fully saturated rings. The summed E-state index contributed by atoms with van der Waals surface area (Å²) in [6.45, 7) is 0. The van der Waals surface area contributed by atoms with E-state index in [0.29, 0.717) is 10.9 Å². The summed E-state index contributed by atoms with van der Waals surface area (Å²) in [6, 6.07) is 5.11. The summed E-state index contributed by atoms with van der Waals surface area (Å²) in [4.78, 5) is 11.7. The van der Waals surface area contributed by atoms with Crippen molar-refractivity contribution in [2.75, 3.05) is 7.11 Å². The zero-order chi connectivity index (χ0) is 12.6. The monoisotopic (exact) mass is 318 g/mol. The molecule has 4 nitrogen and oxygen atoms in total. The Labute approximate surface area is 108 Å². The molecule has 1 heterocycles. The highest BCUT2D eigenvalue weighted by Gasteiger charge is 2.39. The number of carbonyl (C=O) groups excluding carboxylic acids is 1. The van der Waals surface area contributed by atoms with Crippen molar-refractivity contribution in [1.29, 1.82) is 0 Å². The topological polar surface area (TPSA) is 60.4 Å². The minimum atomic E-state index is -3.62. The molecule has 1 unspecified atom stereocenters. The molecule has 1 aliphatic heterocycles. The number of carbonyl (C=O) groups is 1. The Balaban J connectivity index is 2.55. The van der Waals surface area contributed by atoms with Gasteiger partial charge in [0.1, 0.15) is 0 Å². The van der Waals surface area contributed by atoms with Gasteiger partial charge >= 0.3 is 5.97 Å². The minimum Gasteiger partial charge on any atom is -0.468 e. The Bertz CT molecular complexity index is 565. The first-order valence-corrected chi connectivity index (χ1v) is 7.41. The van der Waals surface area contributed by atoms with Crippen LogP contribution in [0.25, 0.3) is 0 Å². The first-order valence-electron chi connectivity index (χ1n) is 5.07. The van der Waals surface area contributed by atoms with Gasteiger partial charge in [-0.05, 0) is 30.5 Å². The molecule has 6 heteroatoms. The lowest BCUT2D eigenvalue weighted by Crippen LogP contribution is -2.35. The SMILES string of the molecule is COC(=O)C1CCc2ccc(Br)cc2S1(=O)=O. The van der Waals surface area contributed by atoms with E-state index in [4.69, 9.17) is 0 Å². The molecule has 1 aromatic rings. The lowest BCUT2D eigenvalue weighted by atomic mass is 10.1. The quantitative estimate of drug-likeness (QED) is 0.740. The molecule has 0 amide bonds. The molecule has 0 N–H and O–H groups in total. The number of methoxy groups -OCH3 is 1. The third kappa shape index (κ3) is 2.11. The number of benzene rings is 1. The van der Waals surface area contributed by atoms with Crippen molar-refractivity contribution >= 4 is 31.7 Å². The highest BCUT2D eigenvalue weighted by atomic mass is 79.9. The fraction of sp³-hybridized carbons (Fsp3) is 0.364. The highest BCUT2D eigenvalue weighted by Crippen LogP contribution is 2.32. The fourth-order valence-electron chi connectivity index (χ4n) is 1.97. The van der Waals surface area contributed by atoms with Crippen LogP contribution < -0.4 is 0 Å². The van der Waals surface area contributed by atoms with Crippen molar-refractivity contribution < 1.29 is 17.9 Å². The van der Waals surface area contributed by atoms with Crippen LogP contribution in [-0.4, -0.2) is 26.7 Å². The summed E-state index contributed by atoms with van der Waals surface area (Å²) < 4.78 is 29.7. The van der Waals surface area contributed by atoms with Crippen molar-refractivity contribution in [2.24, 2.45) is 0 Å². The molecular weight excluding hydrogens is 308 g/mol. The number of ether oxygens (including phenoxy) is 1. The van der Waals surface area contributed by atoms with E-state index in [1.54, 1.807) is 18.2 Å². The van der Waals surface area contributed by atoms with Crippen molar-refractivity contribution in [3.63, 3.8) is 0 Å².